The van der Waals surface area contributed by atoms with Gasteiger partial charge in [-0.15, -0.1) is 0 Å². The van der Waals surface area contributed by atoms with Gasteiger partial charge in [-0.25, -0.2) is 9.78 Å². The quantitative estimate of drug-likeness (QED) is 0.676. The summed E-state index contributed by atoms with van der Waals surface area (Å²) in [5.41, 5.74) is 1.98. The molecule has 0 aliphatic rings. The van der Waals surface area contributed by atoms with Crippen molar-refractivity contribution < 1.29 is 4.42 Å². The zero-order valence-corrected chi connectivity index (χ0v) is 10.9. The average molecular weight is 272 g/mol. The number of hydrogen-bond donors (Lipinski definition) is 0. The van der Waals surface area contributed by atoms with Gasteiger partial charge in [0.2, 0.25) is 5.89 Å². The lowest BCUT2D eigenvalue weighted by atomic mass is 10.1. The van der Waals surface area contributed by atoms with E-state index in [1.165, 1.54) is 0 Å². The first-order valence-electron chi connectivity index (χ1n) is 5.81. The number of halogens is 1. The van der Waals surface area contributed by atoms with Gasteiger partial charge in [-0.2, -0.15) is 0 Å². The van der Waals surface area contributed by atoms with E-state index in [-0.39, 0.29) is 5.63 Å². The lowest BCUT2D eigenvalue weighted by Crippen LogP contribution is -2.03. The van der Waals surface area contributed by atoms with E-state index < -0.39 is 0 Å². The molecule has 0 radical (unpaired) electrons. The molecule has 3 aromatic rings. The minimum atomic E-state index is -0.376. The largest absolute Gasteiger partial charge is 0.403 e. The Bertz CT molecular complexity index is 806. The van der Waals surface area contributed by atoms with Crippen molar-refractivity contribution in [3.05, 3.63) is 63.5 Å². The smallest absolute Gasteiger partial charge is 0.347 e. The molecule has 3 nitrogen and oxygen atoms in total. The Labute approximate surface area is 114 Å². The highest BCUT2D eigenvalue weighted by Gasteiger charge is 2.08. The molecule has 94 valence electrons. The van der Waals surface area contributed by atoms with Gasteiger partial charge in [0, 0.05) is 10.6 Å². The third-order valence-corrected chi connectivity index (χ3v) is 3.13. The Balaban J connectivity index is 2.24. The fourth-order valence-corrected chi connectivity index (χ4v) is 2.03. The Morgan fingerprint density at radius 3 is 2.58 bits per heavy atom. The van der Waals surface area contributed by atoms with Gasteiger partial charge in [-0.05, 0) is 43.3 Å². The summed E-state index contributed by atoms with van der Waals surface area (Å²) < 4.78 is 5.26. The van der Waals surface area contributed by atoms with E-state index in [0.29, 0.717) is 21.8 Å². The number of fused-ring (bicyclic) bond motifs is 1. The summed E-state index contributed by atoms with van der Waals surface area (Å²) in [5.74, 6) is 0.304. The Morgan fingerprint density at radius 1 is 1.11 bits per heavy atom. The number of rotatable bonds is 1. The molecule has 0 amide bonds. The standard InChI is InChI=1S/C15H10ClNO2/c1-9-2-7-13-12(8-9)15(18)19-14(17-13)10-3-5-11(16)6-4-10/h2-8H,1H3. The minimum Gasteiger partial charge on any atom is -0.403 e. The van der Waals surface area contributed by atoms with E-state index in [2.05, 4.69) is 4.98 Å². The first-order valence-corrected chi connectivity index (χ1v) is 6.19. The highest BCUT2D eigenvalue weighted by molar-refractivity contribution is 6.30. The van der Waals surface area contributed by atoms with Gasteiger partial charge in [-0.1, -0.05) is 23.2 Å². The van der Waals surface area contributed by atoms with Crippen molar-refractivity contribution in [1.29, 1.82) is 0 Å². The molecule has 19 heavy (non-hydrogen) atoms. The Morgan fingerprint density at radius 2 is 1.84 bits per heavy atom. The van der Waals surface area contributed by atoms with Crippen molar-refractivity contribution >= 4 is 22.5 Å². The van der Waals surface area contributed by atoms with Crippen LogP contribution in [0.25, 0.3) is 22.4 Å². The van der Waals surface area contributed by atoms with Crippen molar-refractivity contribution in [2.24, 2.45) is 0 Å². The summed E-state index contributed by atoms with van der Waals surface area (Å²) in [7, 11) is 0. The van der Waals surface area contributed by atoms with Crippen molar-refractivity contribution in [2.45, 2.75) is 6.92 Å². The Kier molecular flexibility index (Phi) is 2.84. The lowest BCUT2D eigenvalue weighted by Gasteiger charge is -2.02. The van der Waals surface area contributed by atoms with E-state index in [9.17, 15) is 4.79 Å². The van der Waals surface area contributed by atoms with Crippen LogP contribution in [0.1, 0.15) is 5.56 Å². The molecular formula is C15H10ClNO2. The molecule has 0 aliphatic carbocycles. The van der Waals surface area contributed by atoms with Crippen LogP contribution in [0.4, 0.5) is 0 Å². The monoisotopic (exact) mass is 271 g/mol. The first-order chi connectivity index (χ1) is 9.13. The summed E-state index contributed by atoms with van der Waals surface area (Å²) in [5, 5.41) is 1.13. The second kappa shape index (κ2) is 4.52. The molecule has 4 heteroatoms. The summed E-state index contributed by atoms with van der Waals surface area (Å²) in [4.78, 5) is 16.3. The number of aryl methyl sites for hydroxylation is 1. The van der Waals surface area contributed by atoms with Crippen molar-refractivity contribution in [1.82, 2.24) is 4.98 Å². The summed E-state index contributed by atoms with van der Waals surface area (Å²) >= 11 is 5.83. The molecule has 2 aromatic carbocycles. The molecule has 0 unspecified atom stereocenters. The number of benzene rings is 2. The van der Waals surface area contributed by atoms with Crippen LogP contribution in [0.3, 0.4) is 0 Å². The zero-order chi connectivity index (χ0) is 13.4. The van der Waals surface area contributed by atoms with Crippen LogP contribution in [-0.2, 0) is 0 Å². The van der Waals surface area contributed by atoms with E-state index in [0.717, 1.165) is 11.1 Å². The SMILES string of the molecule is Cc1ccc2nc(-c3ccc(Cl)cc3)oc(=O)c2c1. The third-order valence-electron chi connectivity index (χ3n) is 2.87. The number of aromatic nitrogens is 1. The molecule has 0 saturated carbocycles. The molecule has 3 rings (SSSR count). The molecule has 0 fully saturated rings. The van der Waals surface area contributed by atoms with E-state index >= 15 is 0 Å². The molecule has 0 N–H and O–H groups in total. The average Bonchev–Trinajstić information content (AvgIpc) is 2.40. The maximum Gasteiger partial charge on any atom is 0.347 e. The number of hydrogen-bond acceptors (Lipinski definition) is 3. The van der Waals surface area contributed by atoms with Crippen LogP contribution in [0.5, 0.6) is 0 Å². The van der Waals surface area contributed by atoms with Crippen LogP contribution >= 0.6 is 11.6 Å². The van der Waals surface area contributed by atoms with Gasteiger partial charge >= 0.3 is 5.63 Å². The molecule has 1 heterocycles. The van der Waals surface area contributed by atoms with Crippen LogP contribution < -0.4 is 5.63 Å². The maximum absolute atomic E-state index is 12.0. The van der Waals surface area contributed by atoms with Gasteiger partial charge < -0.3 is 4.42 Å². The van der Waals surface area contributed by atoms with Gasteiger partial charge in [0.15, 0.2) is 0 Å². The van der Waals surface area contributed by atoms with Gasteiger partial charge in [0.1, 0.15) is 0 Å². The molecular weight excluding hydrogens is 262 g/mol. The fraction of sp³-hybridized carbons (Fsp3) is 0.0667. The van der Waals surface area contributed by atoms with Crippen LogP contribution in [0.15, 0.2) is 51.7 Å². The molecule has 0 spiro atoms. The number of nitrogens with zero attached hydrogens (tertiary/aromatic N) is 1. The summed E-state index contributed by atoms with van der Waals surface area (Å²) in [6.07, 6.45) is 0. The predicted molar refractivity (Wildman–Crippen MR) is 75.5 cm³/mol. The van der Waals surface area contributed by atoms with E-state index in [4.69, 9.17) is 16.0 Å². The zero-order valence-electron chi connectivity index (χ0n) is 10.2. The topological polar surface area (TPSA) is 43.1 Å². The maximum atomic E-state index is 12.0. The molecule has 0 bridgehead atoms. The normalized spacial score (nSPS) is 10.8. The molecule has 0 saturated heterocycles. The fourth-order valence-electron chi connectivity index (χ4n) is 1.90. The van der Waals surface area contributed by atoms with Crippen LogP contribution in [0, 0.1) is 6.92 Å². The first kappa shape index (κ1) is 11.9. The molecule has 1 aromatic heterocycles. The third kappa shape index (κ3) is 2.25. The van der Waals surface area contributed by atoms with Crippen molar-refractivity contribution in [3.63, 3.8) is 0 Å². The van der Waals surface area contributed by atoms with Crippen LogP contribution in [0.2, 0.25) is 5.02 Å². The second-order valence-corrected chi connectivity index (χ2v) is 4.77. The van der Waals surface area contributed by atoms with Crippen LogP contribution in [-0.4, -0.2) is 4.98 Å². The lowest BCUT2D eigenvalue weighted by molar-refractivity contribution is 0.518. The second-order valence-electron chi connectivity index (χ2n) is 4.33. The van der Waals surface area contributed by atoms with E-state index in [1.807, 2.05) is 19.1 Å². The van der Waals surface area contributed by atoms with Gasteiger partial charge in [0.25, 0.3) is 0 Å². The van der Waals surface area contributed by atoms with E-state index in [1.54, 1.807) is 30.3 Å². The van der Waals surface area contributed by atoms with Gasteiger partial charge in [0.05, 0.1) is 10.9 Å². The highest BCUT2D eigenvalue weighted by atomic mass is 35.5. The predicted octanol–water partition coefficient (Wildman–Crippen LogP) is 3.82. The summed E-state index contributed by atoms with van der Waals surface area (Å²) in [6, 6.07) is 12.5. The van der Waals surface area contributed by atoms with Crippen molar-refractivity contribution in [2.75, 3.05) is 0 Å². The molecule has 0 aliphatic heterocycles. The minimum absolute atomic E-state index is 0.304. The Hall–Kier alpha value is -2.13. The van der Waals surface area contributed by atoms with Gasteiger partial charge in [-0.3, -0.25) is 0 Å². The summed E-state index contributed by atoms with van der Waals surface area (Å²) in [6.45, 7) is 1.92. The van der Waals surface area contributed by atoms with Crippen molar-refractivity contribution in [3.8, 4) is 11.5 Å². The highest BCUT2D eigenvalue weighted by Crippen LogP contribution is 2.20. The molecule has 0 atom stereocenters.